The van der Waals surface area contributed by atoms with Gasteiger partial charge in [0.1, 0.15) is 5.75 Å². The number of hydrogen-bond acceptors (Lipinski definition) is 4. The third-order valence-electron chi connectivity index (χ3n) is 2.58. The van der Waals surface area contributed by atoms with Crippen LogP contribution in [0.15, 0.2) is 6.07 Å². The second-order valence-corrected chi connectivity index (χ2v) is 5.13. The number of rotatable bonds is 4. The molecule has 1 aromatic rings. The molecule has 6 heteroatoms. The first-order valence-electron chi connectivity index (χ1n) is 5.32. The van der Waals surface area contributed by atoms with Gasteiger partial charge in [0, 0.05) is 18.0 Å². The molecule has 0 aromatic carbocycles. The highest BCUT2D eigenvalue weighted by molar-refractivity contribution is 7.14. The van der Waals surface area contributed by atoms with Gasteiger partial charge >= 0.3 is 5.97 Å². The molecule has 5 nitrogen and oxygen atoms in total. The fraction of sp³-hybridized carbons (Fsp3) is 0.455. The molecule has 0 unspecified atom stereocenters. The molecule has 1 N–H and O–H groups in total. The van der Waals surface area contributed by atoms with Crippen molar-refractivity contribution < 1.29 is 19.4 Å². The van der Waals surface area contributed by atoms with Crippen molar-refractivity contribution in [1.82, 2.24) is 4.90 Å². The van der Waals surface area contributed by atoms with Gasteiger partial charge in [-0.15, -0.1) is 11.3 Å². The second kappa shape index (κ2) is 4.75. The van der Waals surface area contributed by atoms with E-state index in [4.69, 9.17) is 9.84 Å². The molecule has 0 radical (unpaired) electrons. The van der Waals surface area contributed by atoms with Crippen molar-refractivity contribution in [2.24, 2.45) is 0 Å². The Balaban J connectivity index is 1.98. The van der Waals surface area contributed by atoms with Crippen molar-refractivity contribution in [3.05, 3.63) is 15.8 Å². The summed E-state index contributed by atoms with van der Waals surface area (Å²) in [6, 6.07) is 1.65. The summed E-state index contributed by atoms with van der Waals surface area (Å²) in [4.78, 5) is 25.2. The van der Waals surface area contributed by atoms with E-state index >= 15 is 0 Å². The van der Waals surface area contributed by atoms with Crippen molar-refractivity contribution in [1.29, 1.82) is 0 Å². The van der Waals surface area contributed by atoms with E-state index in [1.807, 2.05) is 0 Å². The Kier molecular flexibility index (Phi) is 3.33. The maximum absolute atomic E-state index is 11.5. The summed E-state index contributed by atoms with van der Waals surface area (Å²) >= 11 is 1.15. The van der Waals surface area contributed by atoms with Gasteiger partial charge in [-0.3, -0.25) is 4.79 Å². The highest BCUT2D eigenvalue weighted by Crippen LogP contribution is 2.28. The second-order valence-electron chi connectivity index (χ2n) is 3.88. The smallest absolute Gasteiger partial charge is 0.349 e. The summed E-state index contributed by atoms with van der Waals surface area (Å²) in [7, 11) is 0. The maximum atomic E-state index is 11.5. The van der Waals surface area contributed by atoms with Gasteiger partial charge in [0.15, 0.2) is 11.5 Å². The van der Waals surface area contributed by atoms with Crippen LogP contribution in [-0.4, -0.2) is 41.6 Å². The van der Waals surface area contributed by atoms with E-state index < -0.39 is 5.97 Å². The molecule has 2 rings (SSSR count). The molecule has 1 saturated heterocycles. The molecule has 2 heterocycles. The Bertz CT molecular complexity index is 450. The molecular formula is C11H13NO4S. The molecular weight excluding hydrogens is 242 g/mol. The number of likely N-dealkylation sites (tertiary alicyclic amines) is 1. The monoisotopic (exact) mass is 255 g/mol. The predicted molar refractivity (Wildman–Crippen MR) is 62.7 cm³/mol. The number of carbonyl (C=O) groups excluding carboxylic acids is 1. The molecule has 0 aliphatic carbocycles. The molecule has 0 bridgehead atoms. The zero-order chi connectivity index (χ0) is 12.4. The van der Waals surface area contributed by atoms with Crippen LogP contribution in [0.2, 0.25) is 0 Å². The molecule has 1 fully saturated rings. The van der Waals surface area contributed by atoms with Crippen LogP contribution in [0.1, 0.15) is 21.0 Å². The van der Waals surface area contributed by atoms with Crippen molar-refractivity contribution in [2.45, 2.75) is 13.3 Å². The van der Waals surface area contributed by atoms with E-state index in [9.17, 15) is 9.59 Å². The number of aryl methyl sites for hydroxylation is 1. The van der Waals surface area contributed by atoms with E-state index in [2.05, 4.69) is 0 Å². The van der Waals surface area contributed by atoms with Gasteiger partial charge in [0.05, 0.1) is 0 Å². The van der Waals surface area contributed by atoms with Crippen molar-refractivity contribution >= 4 is 23.2 Å². The Labute approximate surface area is 103 Å². The molecule has 0 spiro atoms. The predicted octanol–water partition coefficient (Wildman–Crippen LogP) is 1.37. The quantitative estimate of drug-likeness (QED) is 0.882. The van der Waals surface area contributed by atoms with Crippen LogP contribution in [0.4, 0.5) is 0 Å². The van der Waals surface area contributed by atoms with Gasteiger partial charge in [-0.25, -0.2) is 4.79 Å². The number of carboxylic acid groups (broad SMARTS) is 1. The standard InChI is InChI=1S/C11H13NO4S/c1-7-5-8(10(17-7)11(14)15)16-6-9(13)12-3-2-4-12/h5H,2-4,6H2,1H3,(H,14,15). The van der Waals surface area contributed by atoms with E-state index in [0.717, 1.165) is 35.7 Å². The summed E-state index contributed by atoms with van der Waals surface area (Å²) in [5.41, 5.74) is 0. The average molecular weight is 255 g/mol. The first kappa shape index (κ1) is 11.9. The van der Waals surface area contributed by atoms with Crippen molar-refractivity contribution in [3.63, 3.8) is 0 Å². The van der Waals surface area contributed by atoms with E-state index in [1.54, 1.807) is 17.9 Å². The number of thiophene rings is 1. The fourth-order valence-electron chi connectivity index (χ4n) is 1.54. The van der Waals surface area contributed by atoms with E-state index in [-0.39, 0.29) is 23.1 Å². The van der Waals surface area contributed by atoms with Gasteiger partial charge in [0.25, 0.3) is 5.91 Å². The van der Waals surface area contributed by atoms with Crippen molar-refractivity contribution in [3.8, 4) is 5.75 Å². The first-order valence-corrected chi connectivity index (χ1v) is 6.14. The number of amides is 1. The van der Waals surface area contributed by atoms with Crippen LogP contribution in [0, 0.1) is 6.92 Å². The highest BCUT2D eigenvalue weighted by Gasteiger charge is 2.22. The van der Waals surface area contributed by atoms with Crippen molar-refractivity contribution in [2.75, 3.05) is 19.7 Å². The van der Waals surface area contributed by atoms with Crippen LogP contribution in [0.25, 0.3) is 0 Å². The minimum absolute atomic E-state index is 0.0866. The van der Waals surface area contributed by atoms with Crippen LogP contribution >= 0.6 is 11.3 Å². The Morgan fingerprint density at radius 3 is 2.76 bits per heavy atom. The lowest BCUT2D eigenvalue weighted by atomic mass is 10.2. The number of aromatic carboxylic acids is 1. The highest BCUT2D eigenvalue weighted by atomic mass is 32.1. The number of ether oxygens (including phenoxy) is 1. The lowest BCUT2D eigenvalue weighted by molar-refractivity contribution is -0.136. The third kappa shape index (κ3) is 2.58. The normalized spacial score (nSPS) is 14.3. The molecule has 1 aromatic heterocycles. The lowest BCUT2D eigenvalue weighted by Gasteiger charge is -2.30. The topological polar surface area (TPSA) is 66.8 Å². The molecule has 0 atom stereocenters. The Hall–Kier alpha value is -1.56. The number of carbonyl (C=O) groups is 2. The number of carboxylic acids is 1. The number of nitrogens with zero attached hydrogens (tertiary/aromatic N) is 1. The minimum atomic E-state index is -1.02. The van der Waals surface area contributed by atoms with Gasteiger partial charge in [-0.05, 0) is 19.4 Å². The van der Waals surface area contributed by atoms with Gasteiger partial charge < -0.3 is 14.7 Å². The molecule has 0 saturated carbocycles. The first-order chi connectivity index (χ1) is 8.08. The summed E-state index contributed by atoms with van der Waals surface area (Å²) in [5.74, 6) is -0.820. The lowest BCUT2D eigenvalue weighted by Crippen LogP contribution is -2.44. The Morgan fingerprint density at radius 1 is 1.53 bits per heavy atom. The molecule has 1 aliphatic heterocycles. The van der Waals surface area contributed by atoms with E-state index in [0.29, 0.717) is 0 Å². The van der Waals surface area contributed by atoms with Gasteiger partial charge in [0.2, 0.25) is 0 Å². The summed E-state index contributed by atoms with van der Waals surface area (Å²) in [6.45, 7) is 3.27. The third-order valence-corrected chi connectivity index (χ3v) is 3.60. The average Bonchev–Trinajstić information content (AvgIpc) is 2.54. The maximum Gasteiger partial charge on any atom is 0.349 e. The fourth-order valence-corrected chi connectivity index (χ4v) is 2.34. The SMILES string of the molecule is Cc1cc(OCC(=O)N2CCC2)c(C(=O)O)s1. The van der Waals surface area contributed by atoms with E-state index in [1.165, 1.54) is 0 Å². The Morgan fingerprint density at radius 2 is 2.24 bits per heavy atom. The molecule has 17 heavy (non-hydrogen) atoms. The largest absolute Gasteiger partial charge is 0.482 e. The number of hydrogen-bond donors (Lipinski definition) is 1. The van der Waals surface area contributed by atoms with Crippen LogP contribution in [-0.2, 0) is 4.79 Å². The van der Waals surface area contributed by atoms with Crippen LogP contribution in [0.3, 0.4) is 0 Å². The zero-order valence-corrected chi connectivity index (χ0v) is 10.2. The molecule has 1 amide bonds. The van der Waals surface area contributed by atoms with Crippen LogP contribution in [0.5, 0.6) is 5.75 Å². The minimum Gasteiger partial charge on any atom is -0.482 e. The summed E-state index contributed by atoms with van der Waals surface area (Å²) in [5, 5.41) is 8.95. The zero-order valence-electron chi connectivity index (χ0n) is 9.43. The molecule has 92 valence electrons. The van der Waals surface area contributed by atoms with Gasteiger partial charge in [-0.2, -0.15) is 0 Å². The van der Waals surface area contributed by atoms with Gasteiger partial charge in [-0.1, -0.05) is 0 Å². The summed E-state index contributed by atoms with van der Waals surface area (Å²) < 4.78 is 5.28. The summed E-state index contributed by atoms with van der Waals surface area (Å²) in [6.07, 6.45) is 1.03. The molecule has 1 aliphatic rings. The van der Waals surface area contributed by atoms with Crippen LogP contribution < -0.4 is 4.74 Å².